The Morgan fingerprint density at radius 2 is 1.96 bits per heavy atom. The summed E-state index contributed by atoms with van der Waals surface area (Å²) in [6.07, 6.45) is 7.26. The second-order valence-electron chi connectivity index (χ2n) is 6.57. The summed E-state index contributed by atoms with van der Waals surface area (Å²) in [7, 11) is -2.02. The zero-order valence-electron chi connectivity index (χ0n) is 15.8. The van der Waals surface area contributed by atoms with Gasteiger partial charge in [0.15, 0.2) is 5.96 Å². The molecule has 1 aromatic rings. The molecule has 0 unspecified atom stereocenters. The normalized spacial score (nSPS) is 16.4. The van der Waals surface area contributed by atoms with E-state index in [2.05, 4.69) is 15.0 Å². The van der Waals surface area contributed by atoms with E-state index < -0.39 is 10.0 Å². The van der Waals surface area contributed by atoms with Crippen LogP contribution in [-0.4, -0.2) is 40.7 Å². The molecule has 9 heteroatoms. The molecule has 1 aromatic carbocycles. The third kappa shape index (κ3) is 8.75. The Kier molecular flexibility index (Phi) is 11.2. The third-order valence-electron chi connectivity index (χ3n) is 4.45. The number of ether oxygens (including phenoxy) is 1. The van der Waals surface area contributed by atoms with Crippen molar-refractivity contribution in [3.8, 4) is 0 Å². The maximum absolute atomic E-state index is 12.3. The number of halogens is 1. The van der Waals surface area contributed by atoms with E-state index in [1.165, 1.54) is 32.8 Å². The van der Waals surface area contributed by atoms with Crippen molar-refractivity contribution in [3.63, 3.8) is 0 Å². The molecule has 27 heavy (non-hydrogen) atoms. The second-order valence-corrected chi connectivity index (χ2v) is 8.34. The second kappa shape index (κ2) is 12.5. The quantitative estimate of drug-likeness (QED) is 0.164. The first-order valence-corrected chi connectivity index (χ1v) is 10.6. The lowest BCUT2D eigenvalue weighted by molar-refractivity contribution is 0.204. The fourth-order valence-electron chi connectivity index (χ4n) is 3.03. The van der Waals surface area contributed by atoms with Crippen LogP contribution in [0.4, 0.5) is 0 Å². The van der Waals surface area contributed by atoms with Crippen molar-refractivity contribution in [3.05, 3.63) is 29.8 Å². The smallest absolute Gasteiger partial charge is 0.240 e. The van der Waals surface area contributed by atoms with Gasteiger partial charge in [0.25, 0.3) is 0 Å². The number of hydrogen-bond donors (Lipinski definition) is 3. The highest BCUT2D eigenvalue weighted by atomic mass is 127. The molecule has 2 rings (SSSR count). The monoisotopic (exact) mass is 510 g/mol. The summed E-state index contributed by atoms with van der Waals surface area (Å²) in [5, 5.41) is 3.29. The summed E-state index contributed by atoms with van der Waals surface area (Å²) in [6.45, 7) is 0.902. The van der Waals surface area contributed by atoms with Crippen molar-refractivity contribution >= 4 is 40.0 Å². The van der Waals surface area contributed by atoms with Gasteiger partial charge in [-0.25, -0.2) is 18.1 Å². The van der Waals surface area contributed by atoms with Gasteiger partial charge in [0, 0.05) is 19.7 Å². The maximum atomic E-state index is 12.3. The Morgan fingerprint density at radius 1 is 1.26 bits per heavy atom. The minimum atomic E-state index is -3.55. The molecular formula is C18H31IN4O3S. The number of rotatable bonds is 8. The van der Waals surface area contributed by atoms with Crippen molar-refractivity contribution in [2.24, 2.45) is 10.7 Å². The van der Waals surface area contributed by atoms with Crippen LogP contribution < -0.4 is 15.8 Å². The first-order valence-electron chi connectivity index (χ1n) is 9.15. The Hall–Kier alpha value is -0.910. The van der Waals surface area contributed by atoms with Crippen LogP contribution in [0.5, 0.6) is 0 Å². The molecule has 0 aromatic heterocycles. The lowest BCUT2D eigenvalue weighted by Crippen LogP contribution is -2.39. The van der Waals surface area contributed by atoms with Crippen LogP contribution in [-0.2, 0) is 21.3 Å². The van der Waals surface area contributed by atoms with Crippen LogP contribution in [0.3, 0.4) is 0 Å². The van der Waals surface area contributed by atoms with Crippen molar-refractivity contribution in [1.29, 1.82) is 0 Å². The fourth-order valence-corrected chi connectivity index (χ4v) is 4.11. The van der Waals surface area contributed by atoms with Crippen LogP contribution in [0.2, 0.25) is 0 Å². The largest absolute Gasteiger partial charge is 0.383 e. The van der Waals surface area contributed by atoms with Gasteiger partial charge in [-0.2, -0.15) is 0 Å². The van der Waals surface area contributed by atoms with Crippen molar-refractivity contribution in [1.82, 2.24) is 10.0 Å². The van der Waals surface area contributed by atoms with Crippen molar-refractivity contribution in [2.45, 2.75) is 56.0 Å². The number of hydrogen-bond acceptors (Lipinski definition) is 4. The Balaban J connectivity index is 0.00000364. The fraction of sp³-hybridized carbons (Fsp3) is 0.611. The number of sulfonamides is 1. The van der Waals surface area contributed by atoms with E-state index in [0.29, 0.717) is 25.2 Å². The van der Waals surface area contributed by atoms with E-state index >= 15 is 0 Å². The van der Waals surface area contributed by atoms with Gasteiger partial charge >= 0.3 is 0 Å². The first kappa shape index (κ1) is 24.1. The van der Waals surface area contributed by atoms with Gasteiger partial charge in [0.1, 0.15) is 0 Å². The van der Waals surface area contributed by atoms with Gasteiger partial charge in [0.2, 0.25) is 10.0 Å². The predicted molar refractivity (Wildman–Crippen MR) is 119 cm³/mol. The average molecular weight is 510 g/mol. The van der Waals surface area contributed by atoms with E-state index in [4.69, 9.17) is 10.5 Å². The molecule has 1 saturated carbocycles. The van der Waals surface area contributed by atoms with Crippen molar-refractivity contribution < 1.29 is 13.2 Å². The molecule has 0 saturated heterocycles. The number of nitrogens with one attached hydrogen (secondary N) is 2. The zero-order valence-corrected chi connectivity index (χ0v) is 19.0. The van der Waals surface area contributed by atoms with Gasteiger partial charge in [-0.15, -0.1) is 24.0 Å². The summed E-state index contributed by atoms with van der Waals surface area (Å²) in [5.74, 6) is 0.420. The molecule has 0 spiro atoms. The van der Waals surface area contributed by atoms with E-state index in [9.17, 15) is 8.42 Å². The highest BCUT2D eigenvalue weighted by molar-refractivity contribution is 14.0. The molecule has 1 aliphatic carbocycles. The van der Waals surface area contributed by atoms with Gasteiger partial charge in [0.05, 0.1) is 18.0 Å². The van der Waals surface area contributed by atoms with E-state index in [-0.39, 0.29) is 35.4 Å². The Labute approximate surface area is 179 Å². The predicted octanol–water partition coefficient (Wildman–Crippen LogP) is 2.36. The third-order valence-corrected chi connectivity index (χ3v) is 5.90. The van der Waals surface area contributed by atoms with Crippen LogP contribution in [0.1, 0.15) is 44.1 Å². The zero-order chi connectivity index (χ0) is 18.8. The topological polar surface area (TPSA) is 106 Å². The highest BCUT2D eigenvalue weighted by Gasteiger charge is 2.14. The summed E-state index contributed by atoms with van der Waals surface area (Å²) in [6, 6.07) is 7.13. The SMILES string of the molecule is COCCNS(=O)(=O)c1cccc(CN=C(N)NC2CCCCCC2)c1.I. The molecule has 1 aliphatic rings. The van der Waals surface area contributed by atoms with E-state index in [1.807, 2.05) is 6.07 Å². The van der Waals surface area contributed by atoms with Crippen LogP contribution in [0.25, 0.3) is 0 Å². The van der Waals surface area contributed by atoms with Crippen LogP contribution >= 0.6 is 24.0 Å². The van der Waals surface area contributed by atoms with Crippen molar-refractivity contribution in [2.75, 3.05) is 20.3 Å². The number of benzene rings is 1. The van der Waals surface area contributed by atoms with Gasteiger partial charge < -0.3 is 15.8 Å². The molecule has 154 valence electrons. The average Bonchev–Trinajstić information content (AvgIpc) is 2.89. The van der Waals surface area contributed by atoms with Gasteiger partial charge in [-0.1, -0.05) is 37.8 Å². The van der Waals surface area contributed by atoms with Gasteiger partial charge in [-0.3, -0.25) is 0 Å². The lowest BCUT2D eigenvalue weighted by Gasteiger charge is -2.16. The molecule has 0 aliphatic heterocycles. The van der Waals surface area contributed by atoms with E-state index in [0.717, 1.165) is 18.4 Å². The maximum Gasteiger partial charge on any atom is 0.240 e. The minimum absolute atomic E-state index is 0. The Bertz CT molecular complexity index is 690. The van der Waals surface area contributed by atoms with Crippen LogP contribution in [0.15, 0.2) is 34.2 Å². The number of nitrogens with zero attached hydrogens (tertiary/aromatic N) is 1. The Morgan fingerprint density at radius 3 is 2.63 bits per heavy atom. The summed E-state index contributed by atoms with van der Waals surface area (Å²) < 4.78 is 31.9. The molecule has 0 amide bonds. The molecule has 7 nitrogen and oxygen atoms in total. The molecule has 0 bridgehead atoms. The molecular weight excluding hydrogens is 479 g/mol. The summed E-state index contributed by atoms with van der Waals surface area (Å²) >= 11 is 0. The first-order chi connectivity index (χ1) is 12.5. The number of methoxy groups -OCH3 is 1. The number of nitrogens with two attached hydrogens (primary N) is 1. The molecule has 0 atom stereocenters. The summed E-state index contributed by atoms with van der Waals surface area (Å²) in [5.41, 5.74) is 6.80. The lowest BCUT2D eigenvalue weighted by atomic mass is 10.1. The molecule has 0 heterocycles. The number of aliphatic imine (C=N–C) groups is 1. The standard InChI is InChI=1S/C18H30N4O3S.HI/c1-25-12-11-21-26(23,24)17-10-6-7-15(13-17)14-20-18(19)22-16-8-4-2-3-5-9-16;/h6-7,10,13,16,21H,2-5,8-9,11-12,14H2,1H3,(H3,19,20,22);1H. The van der Waals surface area contributed by atoms with Crippen LogP contribution in [0, 0.1) is 0 Å². The van der Waals surface area contributed by atoms with Gasteiger partial charge in [-0.05, 0) is 30.5 Å². The minimum Gasteiger partial charge on any atom is -0.383 e. The highest BCUT2D eigenvalue weighted by Crippen LogP contribution is 2.17. The molecule has 4 N–H and O–H groups in total. The van der Waals surface area contributed by atoms with E-state index in [1.54, 1.807) is 18.2 Å². The molecule has 0 radical (unpaired) electrons. The molecule has 1 fully saturated rings. The summed E-state index contributed by atoms with van der Waals surface area (Å²) in [4.78, 5) is 4.58. The number of guanidine groups is 1.